The monoisotopic (exact) mass is 415 g/mol. The minimum Gasteiger partial charge on any atom is -0.465 e. The molecule has 8 nitrogen and oxygen atoms in total. The van der Waals surface area contributed by atoms with Gasteiger partial charge in [-0.1, -0.05) is 0 Å². The van der Waals surface area contributed by atoms with Crippen LogP contribution < -0.4 is 10.1 Å². The van der Waals surface area contributed by atoms with Gasteiger partial charge in [0.15, 0.2) is 5.82 Å². The predicted octanol–water partition coefficient (Wildman–Crippen LogP) is 4.62. The van der Waals surface area contributed by atoms with Crippen LogP contribution in [-0.2, 0) is 4.79 Å². The SMILES string of the molecule is Cc1nn(-c2ccc(Oc3ccc(NC(=O)/C=C/c4ccco4)cc3)nn2)c(C)c1C. The summed E-state index contributed by atoms with van der Waals surface area (Å²) in [7, 11) is 0. The number of furan rings is 1. The molecule has 1 N–H and O–H groups in total. The molecular weight excluding hydrogens is 394 g/mol. The first-order valence-electron chi connectivity index (χ1n) is 9.67. The Kier molecular flexibility index (Phi) is 5.61. The van der Waals surface area contributed by atoms with Gasteiger partial charge in [-0.2, -0.15) is 5.10 Å². The Morgan fingerprint density at radius 3 is 2.48 bits per heavy atom. The van der Waals surface area contributed by atoms with Crippen molar-refractivity contribution in [1.82, 2.24) is 20.0 Å². The number of hydrogen-bond donors (Lipinski definition) is 1. The first-order chi connectivity index (χ1) is 15.0. The Bertz CT molecular complexity index is 1210. The molecule has 31 heavy (non-hydrogen) atoms. The van der Waals surface area contributed by atoms with E-state index in [0.717, 1.165) is 17.0 Å². The number of carbonyl (C=O) groups excluding carboxylic acids is 1. The maximum Gasteiger partial charge on any atom is 0.248 e. The molecule has 0 radical (unpaired) electrons. The molecule has 0 aliphatic heterocycles. The molecular formula is C23H21N5O3. The maximum absolute atomic E-state index is 12.0. The smallest absolute Gasteiger partial charge is 0.248 e. The van der Waals surface area contributed by atoms with Gasteiger partial charge in [0.2, 0.25) is 11.8 Å². The minimum atomic E-state index is -0.258. The normalized spacial score (nSPS) is 11.1. The van der Waals surface area contributed by atoms with Crippen LogP contribution in [0.1, 0.15) is 22.7 Å². The first-order valence-corrected chi connectivity index (χ1v) is 9.67. The Morgan fingerprint density at radius 2 is 1.87 bits per heavy atom. The maximum atomic E-state index is 12.0. The van der Waals surface area contributed by atoms with E-state index in [2.05, 4.69) is 20.6 Å². The van der Waals surface area contributed by atoms with Crippen molar-refractivity contribution >= 4 is 17.7 Å². The second-order valence-corrected chi connectivity index (χ2v) is 6.90. The van der Waals surface area contributed by atoms with Crippen molar-refractivity contribution in [2.75, 3.05) is 5.32 Å². The van der Waals surface area contributed by atoms with Gasteiger partial charge < -0.3 is 14.5 Å². The van der Waals surface area contributed by atoms with Crippen molar-refractivity contribution in [3.05, 3.63) is 83.6 Å². The van der Waals surface area contributed by atoms with Crippen molar-refractivity contribution in [3.63, 3.8) is 0 Å². The van der Waals surface area contributed by atoms with E-state index in [0.29, 0.717) is 28.9 Å². The lowest BCUT2D eigenvalue weighted by Crippen LogP contribution is -2.07. The fraction of sp³-hybridized carbons (Fsp3) is 0.130. The molecule has 0 fully saturated rings. The summed E-state index contributed by atoms with van der Waals surface area (Å²) in [5, 5.41) is 15.6. The van der Waals surface area contributed by atoms with E-state index >= 15 is 0 Å². The van der Waals surface area contributed by atoms with E-state index < -0.39 is 0 Å². The van der Waals surface area contributed by atoms with E-state index in [-0.39, 0.29) is 5.91 Å². The Labute approximate surface area is 179 Å². The number of hydrogen-bond acceptors (Lipinski definition) is 6. The molecule has 4 aromatic rings. The predicted molar refractivity (Wildman–Crippen MR) is 116 cm³/mol. The molecule has 0 bridgehead atoms. The average molecular weight is 415 g/mol. The van der Waals surface area contributed by atoms with Crippen molar-refractivity contribution in [2.24, 2.45) is 0 Å². The van der Waals surface area contributed by atoms with Crippen LogP contribution in [0.4, 0.5) is 5.69 Å². The third kappa shape index (κ3) is 4.69. The van der Waals surface area contributed by atoms with Gasteiger partial charge >= 0.3 is 0 Å². The van der Waals surface area contributed by atoms with Crippen molar-refractivity contribution in [1.29, 1.82) is 0 Å². The highest BCUT2D eigenvalue weighted by Gasteiger charge is 2.11. The highest BCUT2D eigenvalue weighted by molar-refractivity contribution is 6.01. The largest absolute Gasteiger partial charge is 0.465 e. The fourth-order valence-corrected chi connectivity index (χ4v) is 2.88. The van der Waals surface area contributed by atoms with Crippen molar-refractivity contribution in [2.45, 2.75) is 20.8 Å². The zero-order valence-electron chi connectivity index (χ0n) is 17.4. The van der Waals surface area contributed by atoms with E-state index in [1.165, 1.54) is 6.08 Å². The molecule has 0 saturated heterocycles. The van der Waals surface area contributed by atoms with E-state index in [1.807, 2.05) is 20.8 Å². The molecule has 0 aliphatic rings. The van der Waals surface area contributed by atoms with Crippen LogP contribution in [0.3, 0.4) is 0 Å². The van der Waals surface area contributed by atoms with Gasteiger partial charge in [0.05, 0.1) is 12.0 Å². The minimum absolute atomic E-state index is 0.258. The van der Waals surface area contributed by atoms with Gasteiger partial charge in [-0.25, -0.2) is 4.68 Å². The summed E-state index contributed by atoms with van der Waals surface area (Å²) in [6, 6.07) is 14.0. The van der Waals surface area contributed by atoms with Crippen LogP contribution in [0.5, 0.6) is 11.6 Å². The standard InChI is InChI=1S/C23H21N5O3/c1-15-16(2)27-28(17(15)3)21-11-13-23(26-25-21)31-20-8-6-18(7-9-20)24-22(29)12-10-19-5-4-14-30-19/h4-14H,1-3H3,(H,24,29)/b12-10+. The molecule has 1 aromatic carbocycles. The molecule has 3 aromatic heterocycles. The molecule has 8 heteroatoms. The summed E-state index contributed by atoms with van der Waals surface area (Å²) in [6.45, 7) is 5.99. The quantitative estimate of drug-likeness (QED) is 0.462. The number of benzene rings is 1. The molecule has 0 saturated carbocycles. The second kappa shape index (κ2) is 8.66. The summed E-state index contributed by atoms with van der Waals surface area (Å²) in [5.41, 5.74) is 3.76. The lowest BCUT2D eigenvalue weighted by Gasteiger charge is -2.07. The van der Waals surface area contributed by atoms with Crippen LogP contribution in [0.2, 0.25) is 0 Å². The van der Waals surface area contributed by atoms with Gasteiger partial charge in [0, 0.05) is 23.5 Å². The van der Waals surface area contributed by atoms with Gasteiger partial charge in [0.1, 0.15) is 11.5 Å². The van der Waals surface area contributed by atoms with Crippen LogP contribution in [0.15, 0.2) is 65.3 Å². The molecule has 3 heterocycles. The summed E-state index contributed by atoms with van der Waals surface area (Å²) in [4.78, 5) is 12.0. The number of amides is 1. The Morgan fingerprint density at radius 1 is 1.06 bits per heavy atom. The highest BCUT2D eigenvalue weighted by Crippen LogP contribution is 2.22. The molecule has 156 valence electrons. The summed E-state index contributed by atoms with van der Waals surface area (Å²) in [6.07, 6.45) is 4.56. The van der Waals surface area contributed by atoms with Crippen LogP contribution in [0, 0.1) is 20.8 Å². The number of aromatic nitrogens is 4. The van der Waals surface area contributed by atoms with E-state index in [9.17, 15) is 4.79 Å². The summed E-state index contributed by atoms with van der Waals surface area (Å²) >= 11 is 0. The highest BCUT2D eigenvalue weighted by atomic mass is 16.5. The third-order valence-corrected chi connectivity index (χ3v) is 4.78. The molecule has 0 atom stereocenters. The third-order valence-electron chi connectivity index (χ3n) is 4.78. The summed E-state index contributed by atoms with van der Waals surface area (Å²) < 4.78 is 12.7. The van der Waals surface area contributed by atoms with Crippen LogP contribution >= 0.6 is 0 Å². The van der Waals surface area contributed by atoms with E-state index in [1.54, 1.807) is 65.6 Å². The number of aryl methyl sites for hydroxylation is 1. The van der Waals surface area contributed by atoms with E-state index in [4.69, 9.17) is 9.15 Å². The zero-order chi connectivity index (χ0) is 21.8. The average Bonchev–Trinajstić information content (AvgIpc) is 3.39. The number of ether oxygens (including phenoxy) is 1. The second-order valence-electron chi connectivity index (χ2n) is 6.90. The zero-order valence-corrected chi connectivity index (χ0v) is 17.4. The lowest BCUT2D eigenvalue weighted by molar-refractivity contribution is -0.111. The number of carbonyl (C=O) groups is 1. The molecule has 0 aliphatic carbocycles. The number of nitrogens with one attached hydrogen (secondary N) is 1. The van der Waals surface area contributed by atoms with Gasteiger partial charge in [-0.15, -0.1) is 10.2 Å². The van der Waals surface area contributed by atoms with Crippen molar-refractivity contribution in [3.8, 4) is 17.4 Å². The van der Waals surface area contributed by atoms with Gasteiger partial charge in [-0.3, -0.25) is 4.79 Å². The Hall–Kier alpha value is -4.20. The molecule has 0 unspecified atom stereocenters. The first kappa shape index (κ1) is 20.1. The topological polar surface area (TPSA) is 95.1 Å². The summed E-state index contributed by atoms with van der Waals surface area (Å²) in [5.74, 6) is 1.92. The van der Waals surface area contributed by atoms with Gasteiger partial charge in [-0.05, 0) is 74.9 Å². The van der Waals surface area contributed by atoms with Crippen molar-refractivity contribution < 1.29 is 13.9 Å². The lowest BCUT2D eigenvalue weighted by atomic mass is 10.2. The molecule has 0 spiro atoms. The van der Waals surface area contributed by atoms with Gasteiger partial charge in [0.25, 0.3) is 0 Å². The number of anilines is 1. The Balaban J connectivity index is 1.37. The number of rotatable bonds is 6. The molecule has 4 rings (SSSR count). The van der Waals surface area contributed by atoms with Crippen LogP contribution in [0.25, 0.3) is 11.9 Å². The number of nitrogens with zero attached hydrogens (tertiary/aromatic N) is 4. The van der Waals surface area contributed by atoms with Crippen LogP contribution in [-0.4, -0.2) is 25.9 Å². The fourth-order valence-electron chi connectivity index (χ4n) is 2.88. The molecule has 1 amide bonds.